The highest BCUT2D eigenvalue weighted by atomic mass is 16.5. The minimum Gasteiger partial charge on any atom is -0.481 e. The van der Waals surface area contributed by atoms with E-state index in [4.69, 9.17) is 9.84 Å². The highest BCUT2D eigenvalue weighted by Gasteiger charge is 2.09. The molecular weight excluding hydrogens is 292 g/mol. The van der Waals surface area contributed by atoms with Crippen molar-refractivity contribution in [2.24, 2.45) is 0 Å². The molecule has 0 aromatic heterocycles. The molecule has 136 valence electrons. The number of hydrogen-bond donors (Lipinski definition) is 1. The highest BCUT2D eigenvalue weighted by molar-refractivity contribution is 5.70. The predicted molar refractivity (Wildman–Crippen MR) is 93.5 cm³/mol. The largest absolute Gasteiger partial charge is 0.481 e. The SMILES string of the molecule is CCCCCCCCCCCC(C)OC(=O)CCCCC(=O)O. The van der Waals surface area contributed by atoms with Crippen molar-refractivity contribution >= 4 is 11.9 Å². The van der Waals surface area contributed by atoms with E-state index in [0.717, 1.165) is 12.8 Å². The van der Waals surface area contributed by atoms with E-state index in [0.29, 0.717) is 19.3 Å². The monoisotopic (exact) mass is 328 g/mol. The molecule has 0 amide bonds. The molecule has 4 heteroatoms. The van der Waals surface area contributed by atoms with Crippen molar-refractivity contribution in [1.29, 1.82) is 0 Å². The number of ether oxygens (including phenoxy) is 1. The van der Waals surface area contributed by atoms with Crippen LogP contribution in [0, 0.1) is 0 Å². The maximum Gasteiger partial charge on any atom is 0.306 e. The molecule has 0 heterocycles. The van der Waals surface area contributed by atoms with Gasteiger partial charge >= 0.3 is 11.9 Å². The summed E-state index contributed by atoms with van der Waals surface area (Å²) >= 11 is 0. The Kier molecular flexibility index (Phi) is 15.1. The zero-order valence-corrected chi connectivity index (χ0v) is 15.1. The van der Waals surface area contributed by atoms with E-state index in [1.54, 1.807) is 0 Å². The van der Waals surface area contributed by atoms with Crippen LogP contribution < -0.4 is 0 Å². The van der Waals surface area contributed by atoms with Crippen molar-refractivity contribution in [1.82, 2.24) is 0 Å². The Morgan fingerprint density at radius 3 is 1.91 bits per heavy atom. The lowest BCUT2D eigenvalue weighted by molar-refractivity contribution is -0.149. The smallest absolute Gasteiger partial charge is 0.306 e. The van der Waals surface area contributed by atoms with Crippen LogP contribution in [-0.2, 0) is 14.3 Å². The molecule has 4 nitrogen and oxygen atoms in total. The first-order valence-electron chi connectivity index (χ1n) is 9.47. The molecule has 0 fully saturated rings. The number of rotatable bonds is 16. The number of carboxylic acids is 1. The quantitative estimate of drug-likeness (QED) is 0.301. The van der Waals surface area contributed by atoms with Gasteiger partial charge < -0.3 is 9.84 Å². The predicted octanol–water partition coefficient (Wildman–Crippen LogP) is 5.48. The molecule has 0 aliphatic carbocycles. The van der Waals surface area contributed by atoms with Crippen molar-refractivity contribution in [2.45, 2.75) is 110 Å². The number of carbonyl (C=O) groups is 2. The molecule has 1 N–H and O–H groups in total. The summed E-state index contributed by atoms with van der Waals surface area (Å²) in [4.78, 5) is 22.0. The van der Waals surface area contributed by atoms with Crippen molar-refractivity contribution in [3.8, 4) is 0 Å². The Balaban J connectivity index is 3.37. The standard InChI is InChI=1S/C19H36O4/c1-3-4-5-6-7-8-9-10-11-14-17(2)23-19(22)16-13-12-15-18(20)21/h17H,3-16H2,1-2H3,(H,20,21). The fraction of sp³-hybridized carbons (Fsp3) is 0.895. The van der Waals surface area contributed by atoms with Crippen LogP contribution in [0.25, 0.3) is 0 Å². The van der Waals surface area contributed by atoms with Crippen LogP contribution >= 0.6 is 0 Å². The summed E-state index contributed by atoms with van der Waals surface area (Å²) in [5.74, 6) is -1.00. The molecule has 0 saturated carbocycles. The number of unbranched alkanes of at least 4 members (excludes halogenated alkanes) is 9. The zero-order chi connectivity index (χ0) is 17.3. The Labute approximate surface area is 142 Å². The molecule has 1 unspecified atom stereocenters. The summed E-state index contributed by atoms with van der Waals surface area (Å²) in [5.41, 5.74) is 0. The van der Waals surface area contributed by atoms with Gasteiger partial charge in [0.05, 0.1) is 6.10 Å². The number of carbonyl (C=O) groups excluding carboxylic acids is 1. The Hall–Kier alpha value is -1.06. The van der Waals surface area contributed by atoms with Gasteiger partial charge in [-0.05, 0) is 32.6 Å². The van der Waals surface area contributed by atoms with Gasteiger partial charge in [-0.3, -0.25) is 9.59 Å². The topological polar surface area (TPSA) is 63.6 Å². The lowest BCUT2D eigenvalue weighted by Gasteiger charge is -2.13. The maximum absolute atomic E-state index is 11.6. The van der Waals surface area contributed by atoms with Crippen LogP contribution in [0.15, 0.2) is 0 Å². The average molecular weight is 328 g/mol. The van der Waals surface area contributed by atoms with Gasteiger partial charge in [0.25, 0.3) is 0 Å². The second-order valence-electron chi connectivity index (χ2n) is 6.52. The Morgan fingerprint density at radius 1 is 0.826 bits per heavy atom. The van der Waals surface area contributed by atoms with Crippen LogP contribution in [-0.4, -0.2) is 23.1 Å². The van der Waals surface area contributed by atoms with Gasteiger partial charge in [0.2, 0.25) is 0 Å². The van der Waals surface area contributed by atoms with Gasteiger partial charge in [0, 0.05) is 12.8 Å². The molecule has 0 aromatic carbocycles. The van der Waals surface area contributed by atoms with Gasteiger partial charge in [0.15, 0.2) is 0 Å². The van der Waals surface area contributed by atoms with Crippen molar-refractivity contribution in [3.05, 3.63) is 0 Å². The van der Waals surface area contributed by atoms with E-state index >= 15 is 0 Å². The summed E-state index contributed by atoms with van der Waals surface area (Å²) in [7, 11) is 0. The van der Waals surface area contributed by atoms with Crippen molar-refractivity contribution in [2.75, 3.05) is 0 Å². The molecule has 0 aromatic rings. The summed E-state index contributed by atoms with van der Waals surface area (Å²) < 4.78 is 5.34. The summed E-state index contributed by atoms with van der Waals surface area (Å²) in [6.45, 7) is 4.18. The minimum atomic E-state index is -0.808. The van der Waals surface area contributed by atoms with Gasteiger partial charge in [-0.1, -0.05) is 58.3 Å². The molecule has 0 saturated heterocycles. The van der Waals surface area contributed by atoms with Crippen molar-refractivity contribution < 1.29 is 19.4 Å². The summed E-state index contributed by atoms with van der Waals surface area (Å²) in [6.07, 6.45) is 14.2. The van der Waals surface area contributed by atoms with E-state index in [-0.39, 0.29) is 18.5 Å². The number of esters is 1. The van der Waals surface area contributed by atoms with Crippen LogP contribution in [0.3, 0.4) is 0 Å². The molecule has 0 radical (unpaired) electrons. The molecule has 23 heavy (non-hydrogen) atoms. The third kappa shape index (κ3) is 17.1. The molecular formula is C19H36O4. The lowest BCUT2D eigenvalue weighted by Crippen LogP contribution is -2.14. The minimum absolute atomic E-state index is 0.0217. The van der Waals surface area contributed by atoms with E-state index in [1.807, 2.05) is 6.92 Å². The Bertz CT molecular complexity index is 302. The number of carboxylic acid groups (broad SMARTS) is 1. The van der Waals surface area contributed by atoms with Crippen LogP contribution in [0.4, 0.5) is 0 Å². The van der Waals surface area contributed by atoms with Gasteiger partial charge in [-0.25, -0.2) is 0 Å². The van der Waals surface area contributed by atoms with Gasteiger partial charge in [-0.2, -0.15) is 0 Å². The van der Waals surface area contributed by atoms with E-state index in [1.165, 1.54) is 51.4 Å². The normalized spacial score (nSPS) is 12.1. The fourth-order valence-corrected chi connectivity index (χ4v) is 2.63. The van der Waals surface area contributed by atoms with E-state index in [2.05, 4.69) is 6.92 Å². The first kappa shape index (κ1) is 21.9. The molecule has 0 spiro atoms. The van der Waals surface area contributed by atoms with Crippen LogP contribution in [0.1, 0.15) is 104 Å². The molecule has 1 atom stereocenters. The van der Waals surface area contributed by atoms with Gasteiger partial charge in [-0.15, -0.1) is 0 Å². The lowest BCUT2D eigenvalue weighted by atomic mass is 10.1. The average Bonchev–Trinajstić information content (AvgIpc) is 2.49. The third-order valence-electron chi connectivity index (χ3n) is 4.07. The zero-order valence-electron chi connectivity index (χ0n) is 15.1. The van der Waals surface area contributed by atoms with Crippen LogP contribution in [0.2, 0.25) is 0 Å². The Morgan fingerprint density at radius 2 is 1.35 bits per heavy atom. The summed E-state index contributed by atoms with van der Waals surface area (Å²) in [5, 5.41) is 8.52. The van der Waals surface area contributed by atoms with Crippen LogP contribution in [0.5, 0.6) is 0 Å². The first-order chi connectivity index (χ1) is 11.1. The fourth-order valence-electron chi connectivity index (χ4n) is 2.63. The highest BCUT2D eigenvalue weighted by Crippen LogP contribution is 2.13. The molecule has 0 aliphatic heterocycles. The molecule has 0 bridgehead atoms. The summed E-state index contributed by atoms with van der Waals surface area (Å²) in [6, 6.07) is 0. The maximum atomic E-state index is 11.6. The van der Waals surface area contributed by atoms with Gasteiger partial charge in [0.1, 0.15) is 0 Å². The number of aliphatic carboxylic acids is 1. The number of hydrogen-bond acceptors (Lipinski definition) is 3. The molecule has 0 rings (SSSR count). The third-order valence-corrected chi connectivity index (χ3v) is 4.07. The van der Waals surface area contributed by atoms with E-state index < -0.39 is 5.97 Å². The second-order valence-corrected chi connectivity index (χ2v) is 6.52. The first-order valence-corrected chi connectivity index (χ1v) is 9.47. The van der Waals surface area contributed by atoms with E-state index in [9.17, 15) is 9.59 Å². The second kappa shape index (κ2) is 15.8. The van der Waals surface area contributed by atoms with Crippen molar-refractivity contribution in [3.63, 3.8) is 0 Å². The molecule has 0 aliphatic rings.